The van der Waals surface area contributed by atoms with Gasteiger partial charge in [0.15, 0.2) is 0 Å². The van der Waals surface area contributed by atoms with Crippen molar-refractivity contribution in [3.05, 3.63) is 36.3 Å². The molecule has 1 aliphatic rings. The maximum Gasteiger partial charge on any atom is 0.136 e. The monoisotopic (exact) mass is 269 g/mol. The van der Waals surface area contributed by atoms with E-state index in [-0.39, 0.29) is 12.4 Å². The Morgan fingerprint density at radius 3 is 2.89 bits per heavy atom. The van der Waals surface area contributed by atoms with Crippen molar-refractivity contribution in [2.24, 2.45) is 0 Å². The largest absolute Gasteiger partial charge is 0.316 e. The lowest BCUT2D eigenvalue weighted by atomic mass is 9.88. The number of fused-ring (bicyclic) bond motifs is 1. The second-order valence-corrected chi connectivity index (χ2v) is 4.81. The smallest absolute Gasteiger partial charge is 0.136 e. The van der Waals surface area contributed by atoms with Gasteiger partial charge in [0.2, 0.25) is 0 Å². The SMILES string of the molecule is Cl.FC1(Cc2ccc3nccn3c2)CCNCC1. The molecule has 0 saturated carbocycles. The number of imidazole rings is 1. The van der Waals surface area contributed by atoms with Crippen LogP contribution in [0.5, 0.6) is 0 Å². The van der Waals surface area contributed by atoms with Crippen LogP contribution < -0.4 is 5.32 Å². The van der Waals surface area contributed by atoms with Gasteiger partial charge in [0, 0.05) is 25.0 Å². The molecule has 1 aliphatic heterocycles. The third-order valence-electron chi connectivity index (χ3n) is 3.47. The number of hydrogen-bond donors (Lipinski definition) is 1. The van der Waals surface area contributed by atoms with Gasteiger partial charge in [-0.15, -0.1) is 12.4 Å². The van der Waals surface area contributed by atoms with Gasteiger partial charge in [0.1, 0.15) is 11.3 Å². The molecule has 0 unspecified atom stereocenters. The van der Waals surface area contributed by atoms with Gasteiger partial charge in [0.25, 0.3) is 0 Å². The van der Waals surface area contributed by atoms with Crippen molar-refractivity contribution in [3.63, 3.8) is 0 Å². The number of rotatable bonds is 2. The molecule has 3 nitrogen and oxygen atoms in total. The molecule has 0 aromatic carbocycles. The highest BCUT2D eigenvalue weighted by Crippen LogP contribution is 2.27. The third kappa shape index (κ3) is 2.65. The van der Waals surface area contributed by atoms with Crippen molar-refractivity contribution in [2.75, 3.05) is 13.1 Å². The fourth-order valence-electron chi connectivity index (χ4n) is 2.49. The quantitative estimate of drug-likeness (QED) is 0.907. The third-order valence-corrected chi connectivity index (χ3v) is 3.47. The molecule has 2 aromatic rings. The Morgan fingerprint density at radius 2 is 2.11 bits per heavy atom. The molecule has 0 spiro atoms. The zero-order chi connectivity index (χ0) is 11.7. The molecule has 1 saturated heterocycles. The first kappa shape index (κ1) is 13.3. The molecule has 98 valence electrons. The summed E-state index contributed by atoms with van der Waals surface area (Å²) in [6.07, 6.45) is 7.35. The molecule has 1 fully saturated rings. The van der Waals surface area contributed by atoms with Crippen molar-refractivity contribution in [2.45, 2.75) is 24.9 Å². The highest BCUT2D eigenvalue weighted by molar-refractivity contribution is 5.85. The highest BCUT2D eigenvalue weighted by Gasteiger charge is 2.31. The van der Waals surface area contributed by atoms with E-state index in [4.69, 9.17) is 0 Å². The van der Waals surface area contributed by atoms with E-state index < -0.39 is 5.67 Å². The Morgan fingerprint density at radius 1 is 1.33 bits per heavy atom. The number of hydrogen-bond acceptors (Lipinski definition) is 2. The van der Waals surface area contributed by atoms with Gasteiger partial charge in [-0.25, -0.2) is 9.37 Å². The number of aromatic nitrogens is 2. The van der Waals surface area contributed by atoms with E-state index in [0.29, 0.717) is 19.3 Å². The molecule has 3 heterocycles. The second-order valence-electron chi connectivity index (χ2n) is 4.81. The van der Waals surface area contributed by atoms with E-state index in [1.165, 1.54) is 0 Å². The van der Waals surface area contributed by atoms with Gasteiger partial charge < -0.3 is 9.72 Å². The van der Waals surface area contributed by atoms with E-state index in [1.807, 2.05) is 28.9 Å². The Balaban J connectivity index is 0.00000120. The van der Waals surface area contributed by atoms with E-state index in [0.717, 1.165) is 24.3 Å². The summed E-state index contributed by atoms with van der Waals surface area (Å²) in [5.41, 5.74) is 0.909. The molecule has 0 atom stereocenters. The molecule has 0 aliphatic carbocycles. The van der Waals surface area contributed by atoms with Crippen molar-refractivity contribution < 1.29 is 4.39 Å². The van der Waals surface area contributed by atoms with E-state index in [1.54, 1.807) is 6.20 Å². The van der Waals surface area contributed by atoms with Crippen LogP contribution in [-0.4, -0.2) is 28.1 Å². The fourth-order valence-corrected chi connectivity index (χ4v) is 2.49. The minimum Gasteiger partial charge on any atom is -0.316 e. The zero-order valence-corrected chi connectivity index (χ0v) is 10.9. The number of pyridine rings is 1. The first-order valence-corrected chi connectivity index (χ1v) is 6.06. The van der Waals surface area contributed by atoms with Crippen LogP contribution in [0.25, 0.3) is 5.65 Å². The van der Waals surface area contributed by atoms with Crippen LogP contribution in [0.15, 0.2) is 30.7 Å². The summed E-state index contributed by atoms with van der Waals surface area (Å²) in [7, 11) is 0. The maximum atomic E-state index is 14.5. The van der Waals surface area contributed by atoms with Crippen LogP contribution >= 0.6 is 12.4 Å². The Kier molecular flexibility index (Phi) is 3.88. The lowest BCUT2D eigenvalue weighted by Gasteiger charge is -2.30. The van der Waals surface area contributed by atoms with Gasteiger partial charge in [-0.3, -0.25) is 0 Å². The minimum absolute atomic E-state index is 0. The van der Waals surface area contributed by atoms with Crippen LogP contribution in [0.4, 0.5) is 4.39 Å². The summed E-state index contributed by atoms with van der Waals surface area (Å²) in [5.74, 6) is 0. The van der Waals surface area contributed by atoms with E-state index in [2.05, 4.69) is 10.3 Å². The summed E-state index contributed by atoms with van der Waals surface area (Å²) in [5, 5.41) is 3.20. The topological polar surface area (TPSA) is 29.3 Å². The zero-order valence-electron chi connectivity index (χ0n) is 10.1. The summed E-state index contributed by atoms with van der Waals surface area (Å²) >= 11 is 0. The second kappa shape index (κ2) is 5.24. The lowest BCUT2D eigenvalue weighted by molar-refractivity contribution is 0.116. The van der Waals surface area contributed by atoms with Crippen LogP contribution in [-0.2, 0) is 6.42 Å². The lowest BCUT2D eigenvalue weighted by Crippen LogP contribution is -2.40. The van der Waals surface area contributed by atoms with Crippen LogP contribution in [0.3, 0.4) is 0 Å². The fraction of sp³-hybridized carbons (Fsp3) is 0.462. The average Bonchev–Trinajstić information content (AvgIpc) is 2.76. The van der Waals surface area contributed by atoms with Crippen LogP contribution in [0.1, 0.15) is 18.4 Å². The summed E-state index contributed by atoms with van der Waals surface area (Å²) in [4.78, 5) is 4.18. The predicted octanol–water partition coefficient (Wildman–Crippen LogP) is 2.39. The first-order valence-electron chi connectivity index (χ1n) is 6.06. The van der Waals surface area contributed by atoms with Gasteiger partial charge in [-0.1, -0.05) is 6.07 Å². The molecule has 2 aromatic heterocycles. The van der Waals surface area contributed by atoms with Gasteiger partial charge in [-0.2, -0.15) is 0 Å². The summed E-state index contributed by atoms with van der Waals surface area (Å²) < 4.78 is 16.5. The van der Waals surface area contributed by atoms with E-state index in [9.17, 15) is 4.39 Å². The van der Waals surface area contributed by atoms with Crippen LogP contribution in [0, 0.1) is 0 Å². The first-order chi connectivity index (χ1) is 8.25. The molecular weight excluding hydrogens is 253 g/mol. The molecule has 1 N–H and O–H groups in total. The molecule has 3 rings (SSSR count). The molecule has 0 amide bonds. The highest BCUT2D eigenvalue weighted by atomic mass is 35.5. The number of piperidine rings is 1. The van der Waals surface area contributed by atoms with Crippen LogP contribution in [0.2, 0.25) is 0 Å². The molecular formula is C13H17ClFN3. The van der Waals surface area contributed by atoms with Gasteiger partial charge in [0.05, 0.1) is 0 Å². The van der Waals surface area contributed by atoms with Crippen molar-refractivity contribution in [1.29, 1.82) is 0 Å². The average molecular weight is 270 g/mol. The Hall–Kier alpha value is -1.13. The molecule has 0 radical (unpaired) electrons. The minimum atomic E-state index is -1.04. The molecule has 18 heavy (non-hydrogen) atoms. The normalized spacial score (nSPS) is 18.5. The van der Waals surface area contributed by atoms with Crippen molar-refractivity contribution >= 4 is 18.1 Å². The van der Waals surface area contributed by atoms with Gasteiger partial charge in [-0.05, 0) is 37.6 Å². The predicted molar refractivity (Wildman–Crippen MR) is 72.1 cm³/mol. The number of alkyl halides is 1. The van der Waals surface area contributed by atoms with Crippen molar-refractivity contribution in [3.8, 4) is 0 Å². The molecule has 0 bridgehead atoms. The summed E-state index contributed by atoms with van der Waals surface area (Å²) in [6.45, 7) is 1.56. The summed E-state index contributed by atoms with van der Waals surface area (Å²) in [6, 6.07) is 3.92. The van der Waals surface area contributed by atoms with Crippen molar-refractivity contribution in [1.82, 2.24) is 14.7 Å². The van der Waals surface area contributed by atoms with E-state index >= 15 is 0 Å². The maximum absolute atomic E-state index is 14.5. The number of nitrogens with one attached hydrogen (secondary N) is 1. The Bertz CT molecular complexity index is 520. The number of halogens is 2. The molecule has 5 heteroatoms. The number of nitrogens with zero attached hydrogens (tertiary/aromatic N) is 2. The Labute approximate surface area is 112 Å². The standard InChI is InChI=1S/C13H16FN3.ClH/c14-13(3-5-15-6-4-13)9-11-1-2-12-16-7-8-17(12)10-11;/h1-2,7-8,10,15H,3-6,9H2;1H. The van der Waals surface area contributed by atoms with Gasteiger partial charge >= 0.3 is 0 Å².